The van der Waals surface area contributed by atoms with Crippen molar-refractivity contribution in [3.05, 3.63) is 68.9 Å². The predicted octanol–water partition coefficient (Wildman–Crippen LogP) is 4.64. The lowest BCUT2D eigenvalue weighted by atomic mass is 10.1. The molecule has 2 aromatic rings. The molecule has 0 aliphatic rings. The summed E-state index contributed by atoms with van der Waals surface area (Å²) in [6.45, 7) is 4.07. The number of rotatable bonds is 9. The fourth-order valence-electron chi connectivity index (χ4n) is 2.14. The van der Waals surface area contributed by atoms with E-state index in [0.29, 0.717) is 10.7 Å². The number of carbonyl (C=O) groups excluding carboxylic acids is 2. The van der Waals surface area contributed by atoms with E-state index in [-0.39, 0.29) is 6.61 Å². The van der Waals surface area contributed by atoms with Crippen LogP contribution in [-0.4, -0.2) is 29.9 Å². The van der Waals surface area contributed by atoms with Crippen LogP contribution in [-0.2, 0) is 20.1 Å². The summed E-state index contributed by atoms with van der Waals surface area (Å²) in [5.74, 6) is 0.895. The van der Waals surface area contributed by atoms with Crippen molar-refractivity contribution in [3.63, 3.8) is 0 Å². The molecule has 0 radical (unpaired) electrons. The Morgan fingerprint density at radius 1 is 1.18 bits per heavy atom. The van der Waals surface area contributed by atoms with Crippen LogP contribution in [0.25, 0.3) is 0 Å². The van der Waals surface area contributed by atoms with Gasteiger partial charge in [-0.1, -0.05) is 30.7 Å². The van der Waals surface area contributed by atoms with Gasteiger partial charge < -0.3 is 4.74 Å². The molecule has 0 saturated heterocycles. The van der Waals surface area contributed by atoms with Gasteiger partial charge in [0, 0.05) is 33.4 Å². The summed E-state index contributed by atoms with van der Waals surface area (Å²) in [6.07, 6.45) is 2.17. The van der Waals surface area contributed by atoms with Crippen LogP contribution >= 0.6 is 34.7 Å². The summed E-state index contributed by atoms with van der Waals surface area (Å²) in [5.41, 5.74) is 3.93. The van der Waals surface area contributed by atoms with E-state index in [4.69, 9.17) is 16.3 Å². The van der Waals surface area contributed by atoms with Gasteiger partial charge in [0.2, 0.25) is 0 Å². The highest BCUT2D eigenvalue weighted by molar-refractivity contribution is 7.98. The number of hydrogen-bond donors (Lipinski definition) is 1. The molecule has 28 heavy (non-hydrogen) atoms. The largest absolute Gasteiger partial charge is 0.463 e. The number of hydrazone groups is 1. The monoisotopic (exact) mass is 436 g/mol. The highest BCUT2D eigenvalue weighted by atomic mass is 35.5. The van der Waals surface area contributed by atoms with Crippen molar-refractivity contribution in [3.8, 4) is 0 Å². The SMILES string of the molecule is CCOC(=O)/C=C\C(=O)NN=C(c1ccc(Cl)cc1)c1ccc(CSCC)s1. The average Bonchev–Trinajstić information content (AvgIpc) is 3.15. The third-order valence-corrected chi connectivity index (χ3v) is 5.85. The van der Waals surface area contributed by atoms with Crippen LogP contribution in [0.15, 0.2) is 53.7 Å². The summed E-state index contributed by atoms with van der Waals surface area (Å²) in [4.78, 5) is 25.5. The predicted molar refractivity (Wildman–Crippen MR) is 117 cm³/mol. The molecule has 0 fully saturated rings. The van der Waals surface area contributed by atoms with E-state index in [0.717, 1.165) is 34.1 Å². The lowest BCUT2D eigenvalue weighted by Crippen LogP contribution is -2.18. The quantitative estimate of drug-likeness (QED) is 0.269. The smallest absolute Gasteiger partial charge is 0.330 e. The topological polar surface area (TPSA) is 67.8 Å². The molecule has 0 aliphatic heterocycles. The van der Waals surface area contributed by atoms with Crippen molar-refractivity contribution in [2.24, 2.45) is 5.10 Å². The zero-order valence-corrected chi connectivity index (χ0v) is 18.0. The molecule has 0 aliphatic carbocycles. The Labute approximate surface area is 177 Å². The maximum absolute atomic E-state index is 12.0. The van der Waals surface area contributed by atoms with Crippen molar-refractivity contribution in [1.82, 2.24) is 5.43 Å². The minimum Gasteiger partial charge on any atom is -0.463 e. The number of halogens is 1. The van der Waals surface area contributed by atoms with Crippen molar-refractivity contribution in [2.75, 3.05) is 12.4 Å². The third-order valence-electron chi connectivity index (χ3n) is 3.40. The Morgan fingerprint density at radius 3 is 2.61 bits per heavy atom. The first-order valence-corrected chi connectivity index (χ1v) is 11.0. The Kier molecular flexibility index (Phi) is 9.27. The maximum atomic E-state index is 12.0. The van der Waals surface area contributed by atoms with Gasteiger partial charge in [0.25, 0.3) is 5.91 Å². The minimum atomic E-state index is -0.573. The zero-order valence-electron chi connectivity index (χ0n) is 15.6. The van der Waals surface area contributed by atoms with E-state index >= 15 is 0 Å². The number of ether oxygens (including phenoxy) is 1. The second-order valence-electron chi connectivity index (χ2n) is 5.43. The van der Waals surface area contributed by atoms with Crippen molar-refractivity contribution in [2.45, 2.75) is 19.6 Å². The maximum Gasteiger partial charge on any atom is 0.330 e. The van der Waals surface area contributed by atoms with Crippen molar-refractivity contribution >= 4 is 52.3 Å². The molecular formula is C20H21ClN2O3S2. The van der Waals surface area contributed by atoms with Gasteiger partial charge in [0.05, 0.1) is 11.5 Å². The molecular weight excluding hydrogens is 416 g/mol. The first-order chi connectivity index (χ1) is 13.5. The van der Waals surface area contributed by atoms with E-state index in [1.165, 1.54) is 4.88 Å². The van der Waals surface area contributed by atoms with Gasteiger partial charge in [-0.25, -0.2) is 10.2 Å². The number of carbonyl (C=O) groups is 2. The number of thiophene rings is 1. The molecule has 1 amide bonds. The average molecular weight is 437 g/mol. The van der Waals surface area contributed by atoms with Gasteiger partial charge in [-0.2, -0.15) is 16.9 Å². The van der Waals surface area contributed by atoms with Crippen LogP contribution in [0.4, 0.5) is 0 Å². The third kappa shape index (κ3) is 7.14. The molecule has 2 rings (SSSR count). The highest BCUT2D eigenvalue weighted by Gasteiger charge is 2.11. The first-order valence-electron chi connectivity index (χ1n) is 8.68. The lowest BCUT2D eigenvalue weighted by molar-refractivity contribution is -0.137. The molecule has 1 heterocycles. The van der Waals surface area contributed by atoms with E-state index < -0.39 is 11.9 Å². The molecule has 0 atom stereocenters. The number of hydrogen-bond acceptors (Lipinski definition) is 6. The summed E-state index contributed by atoms with van der Waals surface area (Å²) in [7, 11) is 0. The molecule has 0 spiro atoms. The van der Waals surface area contributed by atoms with Gasteiger partial charge in [-0.05, 0) is 36.9 Å². The van der Waals surface area contributed by atoms with Gasteiger partial charge in [-0.15, -0.1) is 11.3 Å². The normalized spacial score (nSPS) is 11.6. The number of thioether (sulfide) groups is 1. The van der Waals surface area contributed by atoms with Crippen LogP contribution in [0.1, 0.15) is 29.2 Å². The van der Waals surface area contributed by atoms with E-state index in [2.05, 4.69) is 23.5 Å². The minimum absolute atomic E-state index is 0.251. The second-order valence-corrected chi connectivity index (χ2v) is 8.31. The van der Waals surface area contributed by atoms with Crippen LogP contribution in [0.5, 0.6) is 0 Å². The van der Waals surface area contributed by atoms with Crippen LogP contribution in [0.3, 0.4) is 0 Å². The molecule has 1 aromatic carbocycles. The van der Waals surface area contributed by atoms with E-state index in [1.54, 1.807) is 30.4 Å². The van der Waals surface area contributed by atoms with Gasteiger partial charge in [-0.3, -0.25) is 4.79 Å². The summed E-state index contributed by atoms with van der Waals surface area (Å²) in [5, 5.41) is 4.91. The Morgan fingerprint density at radius 2 is 1.93 bits per heavy atom. The number of nitrogens with zero attached hydrogens (tertiary/aromatic N) is 1. The second kappa shape index (κ2) is 11.7. The van der Waals surface area contributed by atoms with Crippen molar-refractivity contribution in [1.29, 1.82) is 0 Å². The molecule has 5 nitrogen and oxygen atoms in total. The van der Waals surface area contributed by atoms with Crippen LogP contribution in [0, 0.1) is 0 Å². The van der Waals surface area contributed by atoms with E-state index in [9.17, 15) is 9.59 Å². The molecule has 0 saturated carbocycles. The number of amides is 1. The molecule has 8 heteroatoms. The molecule has 1 N–H and O–H groups in total. The lowest BCUT2D eigenvalue weighted by Gasteiger charge is -2.05. The molecule has 148 valence electrons. The first kappa shape index (κ1) is 22.2. The Hall–Kier alpha value is -2.09. The summed E-state index contributed by atoms with van der Waals surface area (Å²) >= 11 is 9.46. The summed E-state index contributed by atoms with van der Waals surface area (Å²) in [6, 6.07) is 11.3. The molecule has 0 unspecified atom stereocenters. The van der Waals surface area contributed by atoms with Gasteiger partial charge in [0.1, 0.15) is 5.71 Å². The molecule has 0 bridgehead atoms. The van der Waals surface area contributed by atoms with Crippen molar-refractivity contribution < 1.29 is 14.3 Å². The van der Waals surface area contributed by atoms with Gasteiger partial charge >= 0.3 is 5.97 Å². The van der Waals surface area contributed by atoms with E-state index in [1.807, 2.05) is 30.0 Å². The number of esters is 1. The van der Waals surface area contributed by atoms with Crippen LogP contribution < -0.4 is 5.43 Å². The summed E-state index contributed by atoms with van der Waals surface area (Å²) < 4.78 is 4.75. The fraction of sp³-hybridized carbons (Fsp3) is 0.250. The zero-order chi connectivity index (χ0) is 20.4. The van der Waals surface area contributed by atoms with Crippen LogP contribution in [0.2, 0.25) is 5.02 Å². The number of nitrogens with one attached hydrogen (secondary N) is 1. The standard InChI is InChI=1S/C20H21ClN2O3S2/c1-3-26-19(25)12-11-18(24)22-23-20(14-5-7-15(21)8-6-14)17-10-9-16(28-17)13-27-4-2/h5-12H,3-4,13H2,1-2H3,(H,22,24)/b12-11-,23-20?. The fourth-order valence-corrected chi connectivity index (χ4v) is 4.07. The Bertz CT molecular complexity index is 861. The highest BCUT2D eigenvalue weighted by Crippen LogP contribution is 2.24. The number of benzene rings is 1. The molecule has 1 aromatic heterocycles. The Balaban J connectivity index is 2.22. The van der Waals surface area contributed by atoms with Gasteiger partial charge in [0.15, 0.2) is 0 Å².